The van der Waals surface area contributed by atoms with Crippen LogP contribution in [0.25, 0.3) is 11.3 Å². The summed E-state index contributed by atoms with van der Waals surface area (Å²) in [7, 11) is 1.73. The van der Waals surface area contributed by atoms with Crippen molar-refractivity contribution in [2.75, 3.05) is 11.9 Å². The fraction of sp³-hybridized carbons (Fsp3) is 0.118. The van der Waals surface area contributed by atoms with Crippen LogP contribution in [0, 0.1) is 12.7 Å². The van der Waals surface area contributed by atoms with Crippen LogP contribution in [0.4, 0.5) is 16.1 Å². The highest BCUT2D eigenvalue weighted by atomic mass is 19.1. The molecular formula is C17H15FN2O. The van der Waals surface area contributed by atoms with Crippen LogP contribution in [0.3, 0.4) is 0 Å². The summed E-state index contributed by atoms with van der Waals surface area (Å²) in [4.78, 5) is 5.84. The number of benzene rings is 2. The number of oxazole rings is 1. The Kier molecular flexibility index (Phi) is 3.44. The Labute approximate surface area is 122 Å². The zero-order valence-corrected chi connectivity index (χ0v) is 11.9. The van der Waals surface area contributed by atoms with E-state index in [0.717, 1.165) is 11.1 Å². The fourth-order valence-corrected chi connectivity index (χ4v) is 2.22. The quantitative estimate of drug-likeness (QED) is 0.705. The number of aromatic nitrogens is 1. The lowest BCUT2D eigenvalue weighted by Gasteiger charge is -2.15. The van der Waals surface area contributed by atoms with Crippen molar-refractivity contribution in [1.82, 2.24) is 4.98 Å². The lowest BCUT2D eigenvalue weighted by atomic mass is 10.1. The zero-order valence-electron chi connectivity index (χ0n) is 11.9. The van der Waals surface area contributed by atoms with Crippen molar-refractivity contribution in [3.63, 3.8) is 0 Å². The van der Waals surface area contributed by atoms with E-state index in [1.807, 2.05) is 31.2 Å². The molecule has 0 saturated heterocycles. The Balaban J connectivity index is 1.96. The Morgan fingerprint density at radius 1 is 1.05 bits per heavy atom. The SMILES string of the molecule is Cc1ccccc1-c1cnc(N(C)c2ccccc2F)o1. The molecule has 3 rings (SSSR count). The predicted molar refractivity (Wildman–Crippen MR) is 81.1 cm³/mol. The summed E-state index contributed by atoms with van der Waals surface area (Å²) in [5.74, 6) is 0.363. The zero-order chi connectivity index (χ0) is 14.8. The molecule has 0 radical (unpaired) electrons. The molecule has 3 nitrogen and oxygen atoms in total. The van der Waals surface area contributed by atoms with Gasteiger partial charge in [-0.05, 0) is 24.6 Å². The van der Waals surface area contributed by atoms with Crippen LogP contribution in [0.2, 0.25) is 0 Å². The minimum Gasteiger partial charge on any atom is -0.423 e. The first-order valence-corrected chi connectivity index (χ1v) is 6.67. The minimum atomic E-state index is -0.310. The molecule has 0 saturated carbocycles. The molecule has 0 aliphatic heterocycles. The number of halogens is 1. The van der Waals surface area contributed by atoms with Gasteiger partial charge in [0.05, 0.1) is 11.9 Å². The van der Waals surface area contributed by atoms with Crippen LogP contribution in [-0.4, -0.2) is 12.0 Å². The second-order valence-corrected chi connectivity index (χ2v) is 4.83. The van der Waals surface area contributed by atoms with Crippen molar-refractivity contribution < 1.29 is 8.81 Å². The molecule has 21 heavy (non-hydrogen) atoms. The molecule has 3 aromatic rings. The van der Waals surface area contributed by atoms with Crippen molar-refractivity contribution in [3.05, 3.63) is 66.1 Å². The molecule has 0 bridgehead atoms. The first-order valence-electron chi connectivity index (χ1n) is 6.67. The molecule has 0 spiro atoms. The third-order valence-electron chi connectivity index (χ3n) is 3.40. The molecule has 0 aliphatic carbocycles. The van der Waals surface area contributed by atoms with Gasteiger partial charge in [-0.25, -0.2) is 9.37 Å². The maximum atomic E-state index is 13.8. The van der Waals surface area contributed by atoms with E-state index in [1.54, 1.807) is 36.3 Å². The first kappa shape index (κ1) is 13.4. The van der Waals surface area contributed by atoms with E-state index in [0.29, 0.717) is 17.5 Å². The van der Waals surface area contributed by atoms with Crippen molar-refractivity contribution in [3.8, 4) is 11.3 Å². The lowest BCUT2D eigenvalue weighted by molar-refractivity contribution is 0.567. The molecule has 0 fully saturated rings. The van der Waals surface area contributed by atoms with Gasteiger partial charge in [-0.1, -0.05) is 36.4 Å². The summed E-state index contributed by atoms with van der Waals surface area (Å²) >= 11 is 0. The van der Waals surface area contributed by atoms with Crippen molar-refractivity contribution >= 4 is 11.7 Å². The average Bonchev–Trinajstić information content (AvgIpc) is 2.97. The van der Waals surface area contributed by atoms with Crippen molar-refractivity contribution in [2.45, 2.75) is 6.92 Å². The van der Waals surface area contributed by atoms with Crippen molar-refractivity contribution in [2.24, 2.45) is 0 Å². The van der Waals surface area contributed by atoms with E-state index in [2.05, 4.69) is 4.98 Å². The van der Waals surface area contributed by atoms with Gasteiger partial charge in [0, 0.05) is 12.6 Å². The van der Waals surface area contributed by atoms with Gasteiger partial charge in [0.2, 0.25) is 0 Å². The molecule has 0 atom stereocenters. The molecule has 106 valence electrons. The van der Waals surface area contributed by atoms with E-state index in [4.69, 9.17) is 4.42 Å². The monoisotopic (exact) mass is 282 g/mol. The second kappa shape index (κ2) is 5.40. The molecule has 1 heterocycles. The number of para-hydroxylation sites is 1. The molecule has 0 unspecified atom stereocenters. The largest absolute Gasteiger partial charge is 0.423 e. The maximum absolute atomic E-state index is 13.8. The van der Waals surface area contributed by atoms with Gasteiger partial charge in [-0.3, -0.25) is 4.90 Å². The van der Waals surface area contributed by atoms with Gasteiger partial charge in [0.15, 0.2) is 5.76 Å². The van der Waals surface area contributed by atoms with E-state index in [9.17, 15) is 4.39 Å². The van der Waals surface area contributed by atoms with Gasteiger partial charge in [-0.15, -0.1) is 0 Å². The van der Waals surface area contributed by atoms with Gasteiger partial charge < -0.3 is 4.42 Å². The summed E-state index contributed by atoms with van der Waals surface area (Å²) in [5.41, 5.74) is 2.52. The fourth-order valence-electron chi connectivity index (χ4n) is 2.22. The van der Waals surface area contributed by atoms with Gasteiger partial charge in [0.25, 0.3) is 0 Å². The predicted octanol–water partition coefficient (Wildman–Crippen LogP) is 4.56. The van der Waals surface area contributed by atoms with Crippen LogP contribution in [-0.2, 0) is 0 Å². The molecular weight excluding hydrogens is 267 g/mol. The van der Waals surface area contributed by atoms with Crippen LogP contribution < -0.4 is 4.90 Å². The molecule has 2 aromatic carbocycles. The summed E-state index contributed by atoms with van der Waals surface area (Å²) in [5, 5.41) is 0. The Morgan fingerprint density at radius 3 is 2.52 bits per heavy atom. The van der Waals surface area contributed by atoms with Gasteiger partial charge in [-0.2, -0.15) is 0 Å². The molecule has 0 N–H and O–H groups in total. The number of aryl methyl sites for hydroxylation is 1. The molecule has 0 aliphatic rings. The Bertz CT molecular complexity index is 767. The van der Waals surface area contributed by atoms with E-state index in [-0.39, 0.29) is 5.82 Å². The summed E-state index contributed by atoms with van der Waals surface area (Å²) in [6.45, 7) is 2.01. The third-order valence-corrected chi connectivity index (χ3v) is 3.40. The molecule has 1 aromatic heterocycles. The second-order valence-electron chi connectivity index (χ2n) is 4.83. The highest BCUT2D eigenvalue weighted by Crippen LogP contribution is 2.30. The number of hydrogen-bond acceptors (Lipinski definition) is 3. The van der Waals surface area contributed by atoms with E-state index in [1.165, 1.54) is 6.07 Å². The van der Waals surface area contributed by atoms with Crippen LogP contribution in [0.15, 0.2) is 59.1 Å². The van der Waals surface area contributed by atoms with Crippen LogP contribution in [0.5, 0.6) is 0 Å². The van der Waals surface area contributed by atoms with Crippen LogP contribution >= 0.6 is 0 Å². The third kappa shape index (κ3) is 2.52. The lowest BCUT2D eigenvalue weighted by Crippen LogP contribution is -2.11. The average molecular weight is 282 g/mol. The maximum Gasteiger partial charge on any atom is 0.302 e. The van der Waals surface area contributed by atoms with Gasteiger partial charge in [0.1, 0.15) is 5.82 Å². The number of nitrogens with zero attached hydrogens (tertiary/aromatic N) is 2. The Morgan fingerprint density at radius 2 is 1.76 bits per heavy atom. The first-order chi connectivity index (χ1) is 10.2. The number of rotatable bonds is 3. The molecule has 0 amide bonds. The summed E-state index contributed by atoms with van der Waals surface area (Å²) in [6.07, 6.45) is 1.66. The van der Waals surface area contributed by atoms with Crippen LogP contribution in [0.1, 0.15) is 5.56 Å². The standard InChI is InChI=1S/C17H15FN2O/c1-12-7-3-4-8-13(12)16-11-19-17(21-16)20(2)15-10-6-5-9-14(15)18/h3-11H,1-2H3. The number of anilines is 2. The number of hydrogen-bond donors (Lipinski definition) is 0. The van der Waals surface area contributed by atoms with Gasteiger partial charge >= 0.3 is 6.01 Å². The topological polar surface area (TPSA) is 29.3 Å². The summed E-state index contributed by atoms with van der Waals surface area (Å²) in [6, 6.07) is 14.8. The normalized spacial score (nSPS) is 10.6. The van der Waals surface area contributed by atoms with E-state index < -0.39 is 0 Å². The Hall–Kier alpha value is -2.62. The highest BCUT2D eigenvalue weighted by molar-refractivity contribution is 5.63. The summed E-state index contributed by atoms with van der Waals surface area (Å²) < 4.78 is 19.6. The highest BCUT2D eigenvalue weighted by Gasteiger charge is 2.15. The molecule has 4 heteroatoms. The van der Waals surface area contributed by atoms with Crippen molar-refractivity contribution in [1.29, 1.82) is 0 Å². The smallest absolute Gasteiger partial charge is 0.302 e. The van der Waals surface area contributed by atoms with E-state index >= 15 is 0 Å². The minimum absolute atomic E-state index is 0.310.